The molecular formula is C17H17BrClF. The van der Waals surface area contributed by atoms with E-state index >= 15 is 0 Å². The largest absolute Gasteiger partial charge is 0.207 e. The van der Waals surface area contributed by atoms with Gasteiger partial charge >= 0.3 is 0 Å². The van der Waals surface area contributed by atoms with Crippen LogP contribution in [0, 0.1) is 18.7 Å². The van der Waals surface area contributed by atoms with Gasteiger partial charge in [0.05, 0.1) is 0 Å². The van der Waals surface area contributed by atoms with E-state index in [4.69, 9.17) is 11.6 Å². The van der Waals surface area contributed by atoms with Gasteiger partial charge in [-0.2, -0.15) is 0 Å². The number of rotatable bonds is 5. The molecule has 0 heterocycles. The first-order valence-corrected chi connectivity index (χ1v) is 8.14. The minimum atomic E-state index is -0.215. The molecule has 0 amide bonds. The summed E-state index contributed by atoms with van der Waals surface area (Å²) < 4.78 is 13.9. The summed E-state index contributed by atoms with van der Waals surface area (Å²) >= 11 is 9.33. The second kappa shape index (κ2) is 7.24. The molecule has 0 nitrogen and oxygen atoms in total. The molecule has 106 valence electrons. The Labute approximate surface area is 133 Å². The number of hydrogen-bond donors (Lipinski definition) is 0. The van der Waals surface area contributed by atoms with Crippen molar-refractivity contribution in [2.24, 2.45) is 5.92 Å². The van der Waals surface area contributed by atoms with Crippen LogP contribution in [-0.4, -0.2) is 5.33 Å². The Morgan fingerprint density at radius 3 is 2.60 bits per heavy atom. The lowest BCUT2D eigenvalue weighted by Crippen LogP contribution is -2.11. The Morgan fingerprint density at radius 2 is 1.95 bits per heavy atom. The molecular weight excluding hydrogens is 339 g/mol. The summed E-state index contributed by atoms with van der Waals surface area (Å²) in [6.45, 7) is 2.09. The number of hydrogen-bond acceptors (Lipinski definition) is 0. The lowest BCUT2D eigenvalue weighted by atomic mass is 9.93. The monoisotopic (exact) mass is 354 g/mol. The van der Waals surface area contributed by atoms with Crippen molar-refractivity contribution < 1.29 is 4.39 Å². The maximum Gasteiger partial charge on any atom is 0.127 e. The van der Waals surface area contributed by atoms with Crippen molar-refractivity contribution in [3.8, 4) is 0 Å². The molecule has 20 heavy (non-hydrogen) atoms. The molecule has 0 saturated carbocycles. The zero-order valence-electron chi connectivity index (χ0n) is 11.4. The van der Waals surface area contributed by atoms with Gasteiger partial charge in [-0.1, -0.05) is 63.4 Å². The Kier molecular flexibility index (Phi) is 5.62. The van der Waals surface area contributed by atoms with Gasteiger partial charge in [0.25, 0.3) is 0 Å². The third-order valence-electron chi connectivity index (χ3n) is 3.35. The molecule has 0 aliphatic carbocycles. The highest BCUT2D eigenvalue weighted by Crippen LogP contribution is 2.21. The van der Waals surface area contributed by atoms with Crippen molar-refractivity contribution in [2.45, 2.75) is 19.8 Å². The molecule has 3 heteroatoms. The number of aryl methyl sites for hydroxylation is 1. The van der Waals surface area contributed by atoms with Gasteiger partial charge in [-0.15, -0.1) is 0 Å². The van der Waals surface area contributed by atoms with E-state index < -0.39 is 0 Å². The van der Waals surface area contributed by atoms with Crippen molar-refractivity contribution in [1.82, 2.24) is 0 Å². The van der Waals surface area contributed by atoms with E-state index in [0.717, 1.165) is 17.3 Å². The van der Waals surface area contributed by atoms with Gasteiger partial charge in [0, 0.05) is 10.4 Å². The molecule has 2 aromatic carbocycles. The normalized spacial score (nSPS) is 12.4. The van der Waals surface area contributed by atoms with Crippen molar-refractivity contribution in [3.05, 3.63) is 70.0 Å². The highest BCUT2D eigenvalue weighted by Gasteiger charge is 2.13. The van der Waals surface area contributed by atoms with Crippen LogP contribution in [-0.2, 0) is 12.8 Å². The third kappa shape index (κ3) is 4.32. The minimum absolute atomic E-state index is 0.215. The van der Waals surface area contributed by atoms with Gasteiger partial charge in [0.2, 0.25) is 0 Å². The van der Waals surface area contributed by atoms with Gasteiger partial charge in [0.15, 0.2) is 0 Å². The summed E-state index contributed by atoms with van der Waals surface area (Å²) in [5, 5.41) is 1.29. The molecule has 2 aromatic rings. The van der Waals surface area contributed by atoms with Gasteiger partial charge in [-0.05, 0) is 48.9 Å². The average Bonchev–Trinajstić information content (AvgIpc) is 2.41. The van der Waals surface area contributed by atoms with Crippen molar-refractivity contribution in [1.29, 1.82) is 0 Å². The molecule has 0 fully saturated rings. The maximum atomic E-state index is 13.9. The van der Waals surface area contributed by atoms with Crippen LogP contribution in [0.15, 0.2) is 42.5 Å². The summed E-state index contributed by atoms with van der Waals surface area (Å²) in [6.07, 6.45) is 1.65. The molecule has 0 aliphatic heterocycles. The molecule has 0 saturated heterocycles. The number of benzene rings is 2. The molecule has 0 aromatic heterocycles. The Bertz CT molecular complexity index is 583. The number of alkyl halides is 1. The fourth-order valence-electron chi connectivity index (χ4n) is 2.35. The minimum Gasteiger partial charge on any atom is -0.207 e. The standard InChI is InChI=1S/C17H17BrClF/c1-12-3-2-4-13(7-12)8-14(11-18)9-15-5-6-16(19)10-17(15)20/h2-7,10,14H,8-9,11H2,1H3. The van der Waals surface area contributed by atoms with E-state index in [2.05, 4.69) is 47.1 Å². The lowest BCUT2D eigenvalue weighted by molar-refractivity contribution is 0.550. The summed E-state index contributed by atoms with van der Waals surface area (Å²) in [5.41, 5.74) is 3.28. The fraction of sp³-hybridized carbons (Fsp3) is 0.294. The summed E-state index contributed by atoms with van der Waals surface area (Å²) in [4.78, 5) is 0. The molecule has 1 unspecified atom stereocenters. The smallest absolute Gasteiger partial charge is 0.127 e. The van der Waals surface area contributed by atoms with E-state index in [9.17, 15) is 4.39 Å². The van der Waals surface area contributed by atoms with Gasteiger partial charge in [0.1, 0.15) is 5.82 Å². The SMILES string of the molecule is Cc1cccc(CC(CBr)Cc2ccc(Cl)cc2F)c1. The van der Waals surface area contributed by atoms with E-state index in [0.29, 0.717) is 17.4 Å². The van der Waals surface area contributed by atoms with E-state index in [1.807, 2.05) is 0 Å². The van der Waals surface area contributed by atoms with E-state index in [1.54, 1.807) is 12.1 Å². The number of halogens is 3. The van der Waals surface area contributed by atoms with E-state index in [1.165, 1.54) is 17.2 Å². The van der Waals surface area contributed by atoms with Crippen LogP contribution in [0.25, 0.3) is 0 Å². The zero-order chi connectivity index (χ0) is 14.5. The first kappa shape index (κ1) is 15.5. The van der Waals surface area contributed by atoms with Crippen LogP contribution < -0.4 is 0 Å². The zero-order valence-corrected chi connectivity index (χ0v) is 13.7. The van der Waals surface area contributed by atoms with Gasteiger partial charge in [-0.25, -0.2) is 4.39 Å². The van der Waals surface area contributed by atoms with Crippen LogP contribution in [0.5, 0.6) is 0 Å². The predicted octanol–water partition coefficient (Wildman–Crippen LogP) is 5.58. The highest BCUT2D eigenvalue weighted by atomic mass is 79.9. The predicted molar refractivity (Wildman–Crippen MR) is 87.3 cm³/mol. The van der Waals surface area contributed by atoms with Crippen molar-refractivity contribution in [2.75, 3.05) is 5.33 Å². The molecule has 0 N–H and O–H groups in total. The van der Waals surface area contributed by atoms with Crippen LogP contribution in [0.3, 0.4) is 0 Å². The van der Waals surface area contributed by atoms with Gasteiger partial charge < -0.3 is 0 Å². The Balaban J connectivity index is 2.09. The van der Waals surface area contributed by atoms with Crippen molar-refractivity contribution >= 4 is 27.5 Å². The molecule has 0 aliphatic rings. The first-order valence-electron chi connectivity index (χ1n) is 6.64. The summed E-state index contributed by atoms with van der Waals surface area (Å²) in [7, 11) is 0. The average molecular weight is 356 g/mol. The summed E-state index contributed by atoms with van der Waals surface area (Å²) in [5.74, 6) is 0.153. The van der Waals surface area contributed by atoms with Gasteiger partial charge in [-0.3, -0.25) is 0 Å². The quantitative estimate of drug-likeness (QED) is 0.614. The van der Waals surface area contributed by atoms with Crippen LogP contribution in [0.4, 0.5) is 4.39 Å². The van der Waals surface area contributed by atoms with Crippen LogP contribution in [0.2, 0.25) is 5.02 Å². The Hall–Kier alpha value is -0.860. The topological polar surface area (TPSA) is 0 Å². The highest BCUT2D eigenvalue weighted by molar-refractivity contribution is 9.09. The second-order valence-corrected chi connectivity index (χ2v) is 6.24. The third-order valence-corrected chi connectivity index (χ3v) is 4.50. The van der Waals surface area contributed by atoms with E-state index in [-0.39, 0.29) is 5.82 Å². The summed E-state index contributed by atoms with van der Waals surface area (Å²) in [6, 6.07) is 13.4. The first-order chi connectivity index (χ1) is 9.58. The molecule has 1 atom stereocenters. The Morgan fingerprint density at radius 1 is 1.15 bits per heavy atom. The second-order valence-electron chi connectivity index (χ2n) is 5.15. The van der Waals surface area contributed by atoms with Crippen LogP contribution in [0.1, 0.15) is 16.7 Å². The molecule has 0 radical (unpaired) electrons. The molecule has 0 spiro atoms. The fourth-order valence-corrected chi connectivity index (χ4v) is 2.97. The molecule has 0 bridgehead atoms. The molecule has 2 rings (SSSR count). The maximum absolute atomic E-state index is 13.9. The van der Waals surface area contributed by atoms with Crippen LogP contribution >= 0.6 is 27.5 Å². The van der Waals surface area contributed by atoms with Crippen molar-refractivity contribution in [3.63, 3.8) is 0 Å². The lowest BCUT2D eigenvalue weighted by Gasteiger charge is -2.15.